The minimum absolute atomic E-state index is 0.0662. The van der Waals surface area contributed by atoms with Gasteiger partial charge in [-0.3, -0.25) is 9.79 Å². The van der Waals surface area contributed by atoms with Crippen molar-refractivity contribution in [2.75, 3.05) is 19.0 Å². The van der Waals surface area contributed by atoms with Crippen LogP contribution in [0.3, 0.4) is 0 Å². The molecule has 178 valence electrons. The fourth-order valence-corrected chi connectivity index (χ4v) is 5.94. The number of anilines is 1. The van der Waals surface area contributed by atoms with Gasteiger partial charge in [0, 0.05) is 5.25 Å². The van der Waals surface area contributed by atoms with Crippen LogP contribution in [0.2, 0.25) is 0 Å². The van der Waals surface area contributed by atoms with Crippen molar-refractivity contribution in [1.29, 1.82) is 0 Å². The molecule has 0 aliphatic carbocycles. The van der Waals surface area contributed by atoms with Crippen LogP contribution in [-0.4, -0.2) is 56.2 Å². The third-order valence-corrected chi connectivity index (χ3v) is 8.80. The lowest BCUT2D eigenvalue weighted by Crippen LogP contribution is -2.51. The summed E-state index contributed by atoms with van der Waals surface area (Å²) in [5.41, 5.74) is 11.2. The standard InChI is InChI=1S/C22H30FN7O2S/c1-21(2)20(25)30-22(3,15(33(21)5)7-6-10-24)18-13(23)8-9-16(28-18)29-19(31)14-11-27-17(32-4)12-26-14/h8-9,11-12,15H,5-7,10,24H2,1-4H3,(H2,25,30)(H,28,29,31)/t15?,22-,33?/m0/s1. The molecule has 2 unspecified atom stereocenters. The number of aliphatic imine (C=N–C) groups is 1. The van der Waals surface area contributed by atoms with Gasteiger partial charge in [-0.25, -0.2) is 19.3 Å². The van der Waals surface area contributed by atoms with Crippen molar-refractivity contribution in [2.24, 2.45) is 16.5 Å². The van der Waals surface area contributed by atoms with Crippen LogP contribution in [0.1, 0.15) is 49.8 Å². The Hall–Kier alpha value is -2.92. The zero-order valence-corrected chi connectivity index (χ0v) is 20.1. The van der Waals surface area contributed by atoms with Gasteiger partial charge in [-0.15, -0.1) is 0 Å². The molecule has 2 aromatic heterocycles. The number of ether oxygens (including phenoxy) is 1. The topological polar surface area (TPSA) is 141 Å². The van der Waals surface area contributed by atoms with E-state index in [1.165, 1.54) is 31.6 Å². The molecule has 0 aromatic carbocycles. The van der Waals surface area contributed by atoms with E-state index in [0.29, 0.717) is 18.8 Å². The predicted octanol–water partition coefficient (Wildman–Crippen LogP) is 2.44. The molecule has 11 heteroatoms. The number of carbonyl (C=O) groups is 1. The first-order chi connectivity index (χ1) is 15.5. The summed E-state index contributed by atoms with van der Waals surface area (Å²) in [6, 6.07) is 2.64. The van der Waals surface area contributed by atoms with Crippen LogP contribution in [0, 0.1) is 5.82 Å². The fraction of sp³-hybridized carbons (Fsp3) is 0.455. The lowest BCUT2D eigenvalue weighted by Gasteiger charge is -2.47. The number of nitrogens with two attached hydrogens (primary N) is 2. The molecule has 1 amide bonds. The summed E-state index contributed by atoms with van der Waals surface area (Å²) >= 11 is 0. The van der Waals surface area contributed by atoms with E-state index in [9.17, 15) is 4.79 Å². The first-order valence-corrected chi connectivity index (χ1v) is 11.9. The van der Waals surface area contributed by atoms with Crippen molar-refractivity contribution >= 4 is 33.9 Å². The Morgan fingerprint density at radius 1 is 1.30 bits per heavy atom. The summed E-state index contributed by atoms with van der Waals surface area (Å²) < 4.78 is 19.6. The highest BCUT2D eigenvalue weighted by Gasteiger charge is 2.48. The molecular formula is C22H30FN7O2S. The molecule has 3 atom stereocenters. The molecule has 5 N–H and O–H groups in total. The second kappa shape index (κ2) is 9.52. The number of nitrogens with zero attached hydrogens (tertiary/aromatic N) is 4. The highest BCUT2D eigenvalue weighted by molar-refractivity contribution is 8.16. The molecule has 0 bridgehead atoms. The van der Waals surface area contributed by atoms with Crippen LogP contribution in [0.25, 0.3) is 0 Å². The maximum absolute atomic E-state index is 15.1. The minimum atomic E-state index is -1.07. The van der Waals surface area contributed by atoms with Gasteiger partial charge in [0.25, 0.3) is 5.91 Å². The maximum atomic E-state index is 15.1. The Morgan fingerprint density at radius 3 is 2.64 bits per heavy atom. The average Bonchev–Trinajstić information content (AvgIpc) is 2.79. The summed E-state index contributed by atoms with van der Waals surface area (Å²) in [5, 5.41) is 2.51. The lowest BCUT2D eigenvalue weighted by molar-refractivity contribution is 0.102. The summed E-state index contributed by atoms with van der Waals surface area (Å²) in [4.78, 5) is 29.8. The Kier molecular flexibility index (Phi) is 7.13. The van der Waals surface area contributed by atoms with Gasteiger partial charge in [0.1, 0.15) is 34.4 Å². The number of amides is 1. The first-order valence-electron chi connectivity index (χ1n) is 10.5. The molecule has 0 saturated heterocycles. The number of hydrogen-bond donors (Lipinski definition) is 3. The molecule has 1 aliphatic heterocycles. The highest BCUT2D eigenvalue weighted by Crippen LogP contribution is 2.51. The molecule has 1 aliphatic rings. The molecule has 0 fully saturated rings. The van der Waals surface area contributed by atoms with Gasteiger partial charge in [0.05, 0.1) is 24.3 Å². The van der Waals surface area contributed by atoms with Gasteiger partial charge in [0.2, 0.25) is 5.88 Å². The molecule has 0 radical (unpaired) electrons. The third kappa shape index (κ3) is 4.74. The van der Waals surface area contributed by atoms with E-state index in [1.807, 2.05) is 20.8 Å². The number of pyridine rings is 1. The molecular weight excluding hydrogens is 445 g/mol. The van der Waals surface area contributed by atoms with Crippen molar-refractivity contribution in [1.82, 2.24) is 15.0 Å². The smallest absolute Gasteiger partial charge is 0.277 e. The van der Waals surface area contributed by atoms with Crippen LogP contribution in [-0.2, 0) is 5.54 Å². The molecule has 0 spiro atoms. The number of amidine groups is 1. The number of hydrogen-bond acceptors (Lipinski definition) is 8. The second-order valence-corrected chi connectivity index (χ2v) is 10.9. The Bertz CT molecular complexity index is 1090. The van der Waals surface area contributed by atoms with Crippen LogP contribution in [0.5, 0.6) is 5.88 Å². The number of carbonyl (C=O) groups excluding carboxylic acids is 1. The zero-order valence-electron chi connectivity index (χ0n) is 19.3. The van der Waals surface area contributed by atoms with Gasteiger partial charge in [-0.1, -0.05) is 5.87 Å². The van der Waals surface area contributed by atoms with Crippen LogP contribution < -0.4 is 21.5 Å². The summed E-state index contributed by atoms with van der Waals surface area (Å²) in [7, 11) is 0.968. The second-order valence-electron chi connectivity index (χ2n) is 8.43. The Labute approximate surface area is 195 Å². The number of nitrogens with one attached hydrogen (secondary N) is 1. The van der Waals surface area contributed by atoms with Crippen LogP contribution >= 0.6 is 10.5 Å². The van der Waals surface area contributed by atoms with Gasteiger partial charge >= 0.3 is 0 Å². The molecule has 3 heterocycles. The van der Waals surface area contributed by atoms with Crippen molar-refractivity contribution in [3.63, 3.8) is 0 Å². The number of methoxy groups -OCH3 is 1. The van der Waals surface area contributed by atoms with Crippen LogP contribution in [0.15, 0.2) is 29.5 Å². The van der Waals surface area contributed by atoms with Crippen molar-refractivity contribution in [3.05, 3.63) is 41.7 Å². The third-order valence-electron chi connectivity index (χ3n) is 5.90. The molecule has 33 heavy (non-hydrogen) atoms. The van der Waals surface area contributed by atoms with Crippen LogP contribution in [0.4, 0.5) is 10.2 Å². The predicted molar refractivity (Wildman–Crippen MR) is 131 cm³/mol. The first kappa shape index (κ1) is 24.7. The van der Waals surface area contributed by atoms with Crippen molar-refractivity contribution in [3.8, 4) is 5.88 Å². The SMILES string of the molecule is C=S1C(CCCN)[C@@](C)(c2nc(NC(=O)c3cnc(OC)cn3)ccc2F)N=C(N)C1(C)C. The Morgan fingerprint density at radius 2 is 2.03 bits per heavy atom. The molecule has 2 aromatic rings. The zero-order chi connectivity index (χ0) is 24.4. The average molecular weight is 476 g/mol. The normalized spacial score (nSPS) is 24.1. The number of aromatic nitrogens is 3. The van der Waals surface area contributed by atoms with E-state index < -0.39 is 32.5 Å². The minimum Gasteiger partial charge on any atom is -0.480 e. The summed E-state index contributed by atoms with van der Waals surface area (Å²) in [6.07, 6.45) is 4.04. The van der Waals surface area contributed by atoms with Crippen molar-refractivity contribution < 1.29 is 13.9 Å². The number of rotatable bonds is 7. The van der Waals surface area contributed by atoms with E-state index in [4.69, 9.17) is 21.2 Å². The van der Waals surface area contributed by atoms with E-state index in [2.05, 4.69) is 26.1 Å². The monoisotopic (exact) mass is 475 g/mol. The van der Waals surface area contributed by atoms with E-state index in [1.54, 1.807) is 0 Å². The maximum Gasteiger partial charge on any atom is 0.277 e. The van der Waals surface area contributed by atoms with E-state index in [0.717, 1.165) is 6.42 Å². The van der Waals surface area contributed by atoms with Gasteiger partial charge < -0.3 is 21.5 Å². The molecule has 0 saturated carbocycles. The molecule has 3 rings (SSSR count). The highest BCUT2D eigenvalue weighted by atomic mass is 32.2. The summed E-state index contributed by atoms with van der Waals surface area (Å²) in [5.74, 6) is 4.16. The molecule has 9 nitrogen and oxygen atoms in total. The Balaban J connectivity index is 2.00. The number of halogens is 1. The van der Waals surface area contributed by atoms with Gasteiger partial charge in [-0.2, -0.15) is 10.5 Å². The fourth-order valence-electron chi connectivity index (χ4n) is 3.74. The summed E-state index contributed by atoms with van der Waals surface area (Å²) in [6.45, 7) is 6.30. The van der Waals surface area contributed by atoms with Gasteiger partial charge in [0.15, 0.2) is 0 Å². The van der Waals surface area contributed by atoms with E-state index >= 15 is 4.39 Å². The quantitative estimate of drug-likeness (QED) is 0.522. The van der Waals surface area contributed by atoms with Gasteiger partial charge in [-0.05, 0) is 52.3 Å². The largest absolute Gasteiger partial charge is 0.480 e. The van der Waals surface area contributed by atoms with E-state index in [-0.39, 0.29) is 28.3 Å². The van der Waals surface area contributed by atoms with Crippen molar-refractivity contribution in [2.45, 2.75) is 49.1 Å². The lowest BCUT2D eigenvalue weighted by atomic mass is 9.89.